The standard InChI is InChI=1S/C13H22N4O3/c1-12-14-11-13(17(18)19)16(12)6-4-2-3-5-15-7-9-20-10-8-15/h11H,2-10H2,1H3. The Hall–Kier alpha value is -1.47. The number of hydrogen-bond donors (Lipinski definition) is 0. The first kappa shape index (κ1) is 14.9. The summed E-state index contributed by atoms with van der Waals surface area (Å²) in [5.74, 6) is 0.806. The predicted octanol–water partition coefficient (Wildman–Crippen LogP) is 1.60. The summed E-state index contributed by atoms with van der Waals surface area (Å²) in [6, 6.07) is 0. The Morgan fingerprint density at radius 3 is 2.70 bits per heavy atom. The van der Waals surface area contributed by atoms with Crippen LogP contribution >= 0.6 is 0 Å². The van der Waals surface area contributed by atoms with Crippen molar-refractivity contribution in [3.63, 3.8) is 0 Å². The van der Waals surface area contributed by atoms with Gasteiger partial charge in [-0.15, -0.1) is 0 Å². The molecule has 0 radical (unpaired) electrons. The molecular formula is C13H22N4O3. The largest absolute Gasteiger partial charge is 0.379 e. The van der Waals surface area contributed by atoms with Crippen LogP contribution in [0.4, 0.5) is 5.82 Å². The van der Waals surface area contributed by atoms with Gasteiger partial charge in [-0.3, -0.25) is 4.90 Å². The maximum absolute atomic E-state index is 10.9. The van der Waals surface area contributed by atoms with Gasteiger partial charge in [0, 0.05) is 20.0 Å². The third-order valence-corrected chi connectivity index (χ3v) is 3.68. The highest BCUT2D eigenvalue weighted by Crippen LogP contribution is 2.15. The zero-order valence-corrected chi connectivity index (χ0v) is 12.0. The highest BCUT2D eigenvalue weighted by atomic mass is 16.6. The lowest BCUT2D eigenvalue weighted by Gasteiger charge is -2.26. The van der Waals surface area contributed by atoms with Gasteiger partial charge in [0.05, 0.1) is 19.8 Å². The Bertz CT molecular complexity index is 441. The van der Waals surface area contributed by atoms with Crippen molar-refractivity contribution in [1.29, 1.82) is 0 Å². The summed E-state index contributed by atoms with van der Waals surface area (Å²) in [6.07, 6.45) is 4.49. The van der Waals surface area contributed by atoms with Crippen LogP contribution in [-0.2, 0) is 11.3 Å². The number of morpholine rings is 1. The number of rotatable bonds is 7. The zero-order valence-electron chi connectivity index (χ0n) is 12.0. The third kappa shape index (κ3) is 4.01. The molecule has 0 aliphatic carbocycles. The van der Waals surface area contributed by atoms with Crippen molar-refractivity contribution in [3.05, 3.63) is 22.1 Å². The number of nitrogens with zero attached hydrogens (tertiary/aromatic N) is 4. The van der Waals surface area contributed by atoms with Crippen LogP contribution in [0.1, 0.15) is 25.1 Å². The number of imidazole rings is 1. The van der Waals surface area contributed by atoms with Crippen LogP contribution in [0.5, 0.6) is 0 Å². The van der Waals surface area contributed by atoms with E-state index in [1.807, 2.05) is 0 Å². The van der Waals surface area contributed by atoms with Gasteiger partial charge in [0.1, 0.15) is 6.20 Å². The van der Waals surface area contributed by atoms with Crippen LogP contribution in [0.15, 0.2) is 6.20 Å². The maximum atomic E-state index is 10.9. The highest BCUT2D eigenvalue weighted by molar-refractivity contribution is 5.18. The number of aryl methyl sites for hydroxylation is 1. The summed E-state index contributed by atoms with van der Waals surface area (Å²) in [6.45, 7) is 7.28. The third-order valence-electron chi connectivity index (χ3n) is 3.68. The number of nitro groups is 1. The van der Waals surface area contributed by atoms with E-state index < -0.39 is 0 Å². The molecule has 1 saturated heterocycles. The van der Waals surface area contributed by atoms with Crippen LogP contribution in [0.25, 0.3) is 0 Å². The zero-order chi connectivity index (χ0) is 14.4. The fourth-order valence-corrected chi connectivity index (χ4v) is 2.49. The molecular weight excluding hydrogens is 260 g/mol. The van der Waals surface area contributed by atoms with Gasteiger partial charge in [-0.05, 0) is 30.7 Å². The van der Waals surface area contributed by atoms with Crippen molar-refractivity contribution < 1.29 is 9.66 Å². The van der Waals surface area contributed by atoms with E-state index >= 15 is 0 Å². The molecule has 1 aromatic heterocycles. The van der Waals surface area contributed by atoms with Crippen molar-refractivity contribution in [2.24, 2.45) is 0 Å². The van der Waals surface area contributed by atoms with E-state index in [0.717, 1.165) is 52.1 Å². The highest BCUT2D eigenvalue weighted by Gasteiger charge is 2.16. The topological polar surface area (TPSA) is 73.4 Å². The molecule has 0 saturated carbocycles. The van der Waals surface area contributed by atoms with E-state index in [1.54, 1.807) is 11.5 Å². The molecule has 20 heavy (non-hydrogen) atoms. The van der Waals surface area contributed by atoms with Crippen LogP contribution < -0.4 is 0 Å². The minimum atomic E-state index is -0.367. The lowest BCUT2D eigenvalue weighted by atomic mass is 10.2. The summed E-state index contributed by atoms with van der Waals surface area (Å²) < 4.78 is 7.00. The molecule has 0 N–H and O–H groups in total. The predicted molar refractivity (Wildman–Crippen MR) is 74.7 cm³/mol. The molecule has 1 aliphatic heterocycles. The number of ether oxygens (including phenoxy) is 1. The van der Waals surface area contributed by atoms with Gasteiger partial charge in [0.15, 0.2) is 5.82 Å². The lowest BCUT2D eigenvalue weighted by molar-refractivity contribution is -0.392. The van der Waals surface area contributed by atoms with Crippen molar-refractivity contribution in [2.75, 3.05) is 32.8 Å². The molecule has 7 nitrogen and oxygen atoms in total. The maximum Gasteiger partial charge on any atom is 0.342 e. The van der Waals surface area contributed by atoms with Gasteiger partial charge in [-0.1, -0.05) is 0 Å². The van der Waals surface area contributed by atoms with Crippen LogP contribution in [0.2, 0.25) is 0 Å². The summed E-state index contributed by atoms with van der Waals surface area (Å²) in [7, 11) is 0. The first-order valence-electron chi connectivity index (χ1n) is 7.15. The fourth-order valence-electron chi connectivity index (χ4n) is 2.49. The van der Waals surface area contributed by atoms with E-state index in [-0.39, 0.29) is 10.7 Å². The van der Waals surface area contributed by atoms with Crippen LogP contribution in [0, 0.1) is 17.0 Å². The van der Waals surface area contributed by atoms with E-state index in [1.165, 1.54) is 6.20 Å². The minimum absolute atomic E-state index is 0.0932. The molecule has 1 fully saturated rings. The molecule has 0 spiro atoms. The Morgan fingerprint density at radius 1 is 1.30 bits per heavy atom. The molecule has 1 aliphatic rings. The van der Waals surface area contributed by atoms with Crippen LogP contribution in [0.3, 0.4) is 0 Å². The lowest BCUT2D eigenvalue weighted by Crippen LogP contribution is -2.36. The van der Waals surface area contributed by atoms with Crippen molar-refractivity contribution in [2.45, 2.75) is 32.7 Å². The second kappa shape index (κ2) is 7.35. The number of unbranched alkanes of at least 4 members (excludes halogenated alkanes) is 2. The average Bonchev–Trinajstić information content (AvgIpc) is 2.81. The Labute approximate surface area is 118 Å². The number of hydrogen-bond acceptors (Lipinski definition) is 5. The molecule has 0 unspecified atom stereocenters. The molecule has 2 rings (SSSR count). The molecule has 7 heteroatoms. The SMILES string of the molecule is Cc1ncc([N+](=O)[O-])n1CCCCCN1CCOCC1. The van der Waals surface area contributed by atoms with E-state index in [4.69, 9.17) is 4.74 Å². The summed E-state index contributed by atoms with van der Waals surface area (Å²) in [4.78, 5) is 16.9. The Kier molecular flexibility index (Phi) is 5.49. The molecule has 112 valence electrons. The summed E-state index contributed by atoms with van der Waals surface area (Å²) >= 11 is 0. The van der Waals surface area contributed by atoms with Crippen molar-refractivity contribution in [3.8, 4) is 0 Å². The second-order valence-electron chi connectivity index (χ2n) is 5.09. The van der Waals surface area contributed by atoms with Crippen molar-refractivity contribution >= 4 is 5.82 Å². The first-order valence-corrected chi connectivity index (χ1v) is 7.15. The van der Waals surface area contributed by atoms with Gasteiger partial charge >= 0.3 is 5.82 Å². The molecule has 0 atom stereocenters. The van der Waals surface area contributed by atoms with Gasteiger partial charge in [0.2, 0.25) is 0 Å². The first-order chi connectivity index (χ1) is 9.68. The summed E-state index contributed by atoms with van der Waals surface area (Å²) in [5, 5.41) is 10.9. The summed E-state index contributed by atoms with van der Waals surface area (Å²) in [5.41, 5.74) is 0. The molecule has 0 bridgehead atoms. The van der Waals surface area contributed by atoms with E-state index in [9.17, 15) is 10.1 Å². The van der Waals surface area contributed by atoms with E-state index in [0.29, 0.717) is 12.4 Å². The van der Waals surface area contributed by atoms with Gasteiger partial charge in [-0.25, -0.2) is 9.55 Å². The number of aromatic nitrogens is 2. The van der Waals surface area contributed by atoms with Crippen molar-refractivity contribution in [1.82, 2.24) is 14.5 Å². The Balaban J connectivity index is 1.68. The fraction of sp³-hybridized carbons (Fsp3) is 0.769. The van der Waals surface area contributed by atoms with Gasteiger partial charge < -0.3 is 14.9 Å². The second-order valence-corrected chi connectivity index (χ2v) is 5.09. The van der Waals surface area contributed by atoms with Crippen LogP contribution in [-0.4, -0.2) is 52.2 Å². The minimum Gasteiger partial charge on any atom is -0.379 e. The molecule has 1 aromatic rings. The average molecular weight is 282 g/mol. The molecule has 2 heterocycles. The monoisotopic (exact) mass is 282 g/mol. The smallest absolute Gasteiger partial charge is 0.342 e. The molecule has 0 aromatic carbocycles. The van der Waals surface area contributed by atoms with Gasteiger partial charge in [-0.2, -0.15) is 0 Å². The molecule has 0 amide bonds. The van der Waals surface area contributed by atoms with E-state index in [2.05, 4.69) is 9.88 Å². The normalized spacial score (nSPS) is 16.4. The quantitative estimate of drug-likeness (QED) is 0.431. The Morgan fingerprint density at radius 2 is 2.00 bits per heavy atom. The van der Waals surface area contributed by atoms with Gasteiger partial charge in [0.25, 0.3) is 0 Å².